The van der Waals surface area contributed by atoms with E-state index in [1.54, 1.807) is 12.1 Å². The van der Waals surface area contributed by atoms with E-state index < -0.39 is 17.7 Å². The summed E-state index contributed by atoms with van der Waals surface area (Å²) in [5.41, 5.74) is 13.6. The van der Waals surface area contributed by atoms with Gasteiger partial charge in [0.1, 0.15) is 0 Å². The first-order valence-corrected chi connectivity index (χ1v) is 9.43. The van der Waals surface area contributed by atoms with Gasteiger partial charge in [0, 0.05) is 27.8 Å². The van der Waals surface area contributed by atoms with Crippen molar-refractivity contribution in [2.45, 2.75) is 0 Å². The molecule has 3 aromatic carbocycles. The van der Waals surface area contributed by atoms with Gasteiger partial charge in [0.05, 0.1) is 16.8 Å². The molecule has 5 N–H and O–H groups in total. The Morgan fingerprint density at radius 1 is 0.742 bits per heavy atom. The summed E-state index contributed by atoms with van der Waals surface area (Å²) in [6, 6.07) is 22.6. The van der Waals surface area contributed by atoms with Crippen LogP contribution in [0.4, 0.5) is 5.69 Å². The van der Waals surface area contributed by atoms with Crippen LogP contribution in [0.5, 0.6) is 0 Å². The van der Waals surface area contributed by atoms with Crippen LogP contribution in [0.3, 0.4) is 0 Å². The summed E-state index contributed by atoms with van der Waals surface area (Å²) in [4.78, 5) is 41.1. The van der Waals surface area contributed by atoms with Crippen LogP contribution in [0.2, 0.25) is 0 Å². The second-order valence-electron chi connectivity index (χ2n) is 6.92. The third-order valence-corrected chi connectivity index (χ3v) is 4.79. The minimum atomic E-state index is -0.737. The van der Waals surface area contributed by atoms with E-state index in [0.29, 0.717) is 22.2 Å². The predicted octanol–water partition coefficient (Wildman–Crippen LogP) is 3.35. The Kier molecular flexibility index (Phi) is 5.15. The number of primary amides is 2. The van der Waals surface area contributed by atoms with Crippen LogP contribution in [0.25, 0.3) is 22.2 Å². The molecule has 1 aromatic heterocycles. The van der Waals surface area contributed by atoms with E-state index >= 15 is 0 Å². The number of nitrogens with two attached hydrogens (primary N) is 2. The van der Waals surface area contributed by atoms with Gasteiger partial charge in [0.25, 0.3) is 5.91 Å². The normalized spacial score (nSPS) is 10.6. The summed E-state index contributed by atoms with van der Waals surface area (Å²) in [6.07, 6.45) is 0. The topological polar surface area (TPSA) is 128 Å². The Labute approximate surface area is 177 Å². The van der Waals surface area contributed by atoms with Crippen LogP contribution < -0.4 is 16.8 Å². The SMILES string of the molecule is NC(=O)c1cc(NC(=O)c2cc(-c3ccccc3)nc3ccccc23)cc(C(N)=O)c1. The lowest BCUT2D eigenvalue weighted by molar-refractivity contribution is 0.0994. The number of aromatic nitrogens is 1. The number of hydrogen-bond acceptors (Lipinski definition) is 4. The maximum atomic E-state index is 13.2. The molecule has 3 amide bonds. The minimum absolute atomic E-state index is 0.0659. The molecule has 4 aromatic rings. The third-order valence-electron chi connectivity index (χ3n) is 4.79. The number of carbonyl (C=O) groups is 3. The van der Waals surface area contributed by atoms with Crippen molar-refractivity contribution in [1.29, 1.82) is 0 Å². The first kappa shape index (κ1) is 19.8. The smallest absolute Gasteiger partial charge is 0.256 e. The monoisotopic (exact) mass is 410 g/mol. The number of para-hydroxylation sites is 1. The summed E-state index contributed by atoms with van der Waals surface area (Å²) in [5, 5.41) is 3.40. The Bertz CT molecular complexity index is 1300. The van der Waals surface area contributed by atoms with E-state index in [0.717, 1.165) is 5.56 Å². The molecule has 0 bridgehead atoms. The summed E-state index contributed by atoms with van der Waals surface area (Å²) in [5.74, 6) is -1.90. The van der Waals surface area contributed by atoms with E-state index in [1.807, 2.05) is 48.5 Å². The highest BCUT2D eigenvalue weighted by Gasteiger charge is 2.16. The number of nitrogens with one attached hydrogen (secondary N) is 1. The highest BCUT2D eigenvalue weighted by atomic mass is 16.2. The van der Waals surface area contributed by atoms with Gasteiger partial charge in [0.15, 0.2) is 0 Å². The van der Waals surface area contributed by atoms with Crippen LogP contribution >= 0.6 is 0 Å². The van der Waals surface area contributed by atoms with Crippen LogP contribution in [0, 0.1) is 0 Å². The summed E-state index contributed by atoms with van der Waals surface area (Å²) in [7, 11) is 0. The first-order valence-electron chi connectivity index (χ1n) is 9.43. The summed E-state index contributed by atoms with van der Waals surface area (Å²) < 4.78 is 0. The number of benzene rings is 3. The number of nitrogens with zero attached hydrogens (tertiary/aromatic N) is 1. The number of pyridine rings is 1. The van der Waals surface area contributed by atoms with Crippen LogP contribution in [0.1, 0.15) is 31.1 Å². The van der Waals surface area contributed by atoms with Gasteiger partial charge >= 0.3 is 0 Å². The van der Waals surface area contributed by atoms with Crippen LogP contribution in [0.15, 0.2) is 78.9 Å². The number of amides is 3. The zero-order valence-corrected chi connectivity index (χ0v) is 16.3. The van der Waals surface area contributed by atoms with Crippen molar-refractivity contribution in [3.05, 3.63) is 95.6 Å². The molecule has 0 aliphatic carbocycles. The minimum Gasteiger partial charge on any atom is -0.366 e. The molecule has 4 rings (SSSR count). The molecule has 0 atom stereocenters. The Morgan fingerprint density at radius 2 is 1.35 bits per heavy atom. The molecular formula is C24H18N4O3. The molecule has 1 heterocycles. The fourth-order valence-corrected chi connectivity index (χ4v) is 3.30. The van der Waals surface area contributed by atoms with Gasteiger partial charge in [-0.2, -0.15) is 0 Å². The molecule has 7 nitrogen and oxygen atoms in total. The van der Waals surface area contributed by atoms with Crippen LogP contribution in [-0.4, -0.2) is 22.7 Å². The van der Waals surface area contributed by atoms with Gasteiger partial charge in [0.2, 0.25) is 11.8 Å². The number of anilines is 1. The van der Waals surface area contributed by atoms with E-state index in [1.165, 1.54) is 18.2 Å². The molecule has 0 saturated heterocycles. The second kappa shape index (κ2) is 8.08. The van der Waals surface area contributed by atoms with Gasteiger partial charge in [-0.15, -0.1) is 0 Å². The van der Waals surface area contributed by atoms with Crippen molar-refractivity contribution in [3.63, 3.8) is 0 Å². The van der Waals surface area contributed by atoms with E-state index in [-0.39, 0.29) is 16.8 Å². The lowest BCUT2D eigenvalue weighted by atomic mass is 10.0. The van der Waals surface area contributed by atoms with Crippen molar-refractivity contribution in [2.24, 2.45) is 11.5 Å². The maximum Gasteiger partial charge on any atom is 0.256 e. The first-order chi connectivity index (χ1) is 14.9. The van der Waals surface area contributed by atoms with Crippen molar-refractivity contribution >= 4 is 34.3 Å². The Hall–Kier alpha value is -4.52. The molecule has 0 aliphatic rings. The zero-order chi connectivity index (χ0) is 22.0. The molecule has 7 heteroatoms. The lowest BCUT2D eigenvalue weighted by Gasteiger charge is -2.12. The average Bonchev–Trinajstić information content (AvgIpc) is 2.78. The predicted molar refractivity (Wildman–Crippen MR) is 119 cm³/mol. The molecular weight excluding hydrogens is 392 g/mol. The quantitative estimate of drug-likeness (QED) is 0.466. The molecule has 0 aliphatic heterocycles. The van der Waals surface area contributed by atoms with Gasteiger partial charge in [-0.05, 0) is 30.3 Å². The molecule has 0 spiro atoms. The Morgan fingerprint density at radius 3 is 2.00 bits per heavy atom. The van der Waals surface area contributed by atoms with Gasteiger partial charge in [-0.3, -0.25) is 14.4 Å². The maximum absolute atomic E-state index is 13.2. The van der Waals surface area contributed by atoms with Crippen molar-refractivity contribution in [2.75, 3.05) is 5.32 Å². The van der Waals surface area contributed by atoms with Crippen molar-refractivity contribution in [1.82, 2.24) is 4.98 Å². The molecule has 0 fully saturated rings. The molecule has 31 heavy (non-hydrogen) atoms. The number of carbonyl (C=O) groups excluding carboxylic acids is 3. The molecule has 0 unspecified atom stereocenters. The highest BCUT2D eigenvalue weighted by Crippen LogP contribution is 2.26. The largest absolute Gasteiger partial charge is 0.366 e. The summed E-state index contributed by atoms with van der Waals surface area (Å²) >= 11 is 0. The van der Waals surface area contributed by atoms with Crippen molar-refractivity contribution in [3.8, 4) is 11.3 Å². The fourth-order valence-electron chi connectivity index (χ4n) is 3.30. The Balaban J connectivity index is 1.79. The third kappa shape index (κ3) is 4.11. The number of fused-ring (bicyclic) bond motifs is 1. The van der Waals surface area contributed by atoms with Gasteiger partial charge < -0.3 is 16.8 Å². The second-order valence-corrected chi connectivity index (χ2v) is 6.92. The van der Waals surface area contributed by atoms with E-state index in [2.05, 4.69) is 10.3 Å². The molecule has 0 radical (unpaired) electrons. The fraction of sp³-hybridized carbons (Fsp3) is 0. The molecule has 0 saturated carbocycles. The number of rotatable bonds is 5. The van der Waals surface area contributed by atoms with E-state index in [4.69, 9.17) is 11.5 Å². The van der Waals surface area contributed by atoms with Gasteiger partial charge in [-0.1, -0.05) is 48.5 Å². The van der Waals surface area contributed by atoms with E-state index in [9.17, 15) is 14.4 Å². The average molecular weight is 410 g/mol. The summed E-state index contributed by atoms with van der Waals surface area (Å²) in [6.45, 7) is 0. The zero-order valence-electron chi connectivity index (χ0n) is 16.3. The lowest BCUT2D eigenvalue weighted by Crippen LogP contribution is -2.18. The van der Waals surface area contributed by atoms with Gasteiger partial charge in [-0.25, -0.2) is 4.98 Å². The van der Waals surface area contributed by atoms with Crippen molar-refractivity contribution < 1.29 is 14.4 Å². The number of hydrogen-bond donors (Lipinski definition) is 3. The molecule has 152 valence electrons. The standard InChI is InChI=1S/C24H18N4O3/c25-22(29)15-10-16(23(26)30)12-17(11-15)27-24(31)19-13-21(14-6-2-1-3-7-14)28-20-9-5-4-8-18(19)20/h1-13H,(H2,25,29)(H2,26,30)(H,27,31). The van der Waals surface area contributed by atoms with Crippen LogP contribution in [-0.2, 0) is 0 Å². The highest BCUT2D eigenvalue weighted by molar-refractivity contribution is 6.13.